The van der Waals surface area contributed by atoms with Gasteiger partial charge in [-0.1, -0.05) is 56.7 Å². The molecule has 3 aromatic carbocycles. The second-order valence-electron chi connectivity index (χ2n) is 9.20. The number of rotatable bonds is 5. The number of sulfonamides is 1. The third-order valence-electron chi connectivity index (χ3n) is 5.26. The quantitative estimate of drug-likeness (QED) is 0.503. The third kappa shape index (κ3) is 5.37. The summed E-state index contributed by atoms with van der Waals surface area (Å²) in [7, 11) is -3.77. The minimum atomic E-state index is -3.77. The van der Waals surface area contributed by atoms with Crippen LogP contribution in [-0.2, 0) is 15.4 Å². The van der Waals surface area contributed by atoms with E-state index in [4.69, 9.17) is 0 Å². The maximum absolute atomic E-state index is 13.0. The van der Waals surface area contributed by atoms with E-state index in [0.717, 1.165) is 11.1 Å². The molecule has 0 unspecified atom stereocenters. The van der Waals surface area contributed by atoms with Gasteiger partial charge in [-0.3, -0.25) is 9.52 Å². The van der Waals surface area contributed by atoms with Gasteiger partial charge in [0.15, 0.2) is 0 Å². The highest BCUT2D eigenvalue weighted by Crippen LogP contribution is 2.26. The molecule has 5 nitrogen and oxygen atoms in total. The van der Waals surface area contributed by atoms with Crippen molar-refractivity contribution in [1.29, 1.82) is 0 Å². The predicted octanol–water partition coefficient (Wildman–Crippen LogP) is 5.96. The largest absolute Gasteiger partial charge is 0.322 e. The van der Waals surface area contributed by atoms with E-state index in [1.54, 1.807) is 50.2 Å². The summed E-state index contributed by atoms with van der Waals surface area (Å²) in [6.45, 7) is 11.9. The van der Waals surface area contributed by atoms with Crippen molar-refractivity contribution in [3.8, 4) is 0 Å². The number of amides is 1. The molecule has 0 bridgehead atoms. The highest BCUT2D eigenvalue weighted by Gasteiger charge is 2.20. The van der Waals surface area contributed by atoms with Gasteiger partial charge in [0, 0.05) is 11.3 Å². The van der Waals surface area contributed by atoms with Gasteiger partial charge in [-0.25, -0.2) is 8.42 Å². The molecule has 3 rings (SSSR count). The molecule has 0 fully saturated rings. The minimum absolute atomic E-state index is 0.00859. The molecule has 0 heterocycles. The molecular formula is C26H30N2O3S. The van der Waals surface area contributed by atoms with E-state index >= 15 is 0 Å². The smallest absolute Gasteiger partial charge is 0.262 e. The van der Waals surface area contributed by atoms with E-state index in [1.807, 2.05) is 31.2 Å². The van der Waals surface area contributed by atoms with E-state index in [9.17, 15) is 13.2 Å². The Morgan fingerprint density at radius 2 is 1.38 bits per heavy atom. The van der Waals surface area contributed by atoms with E-state index in [2.05, 4.69) is 30.8 Å². The number of hydrogen-bond acceptors (Lipinski definition) is 3. The number of aryl methyl sites for hydroxylation is 3. The molecule has 0 saturated heterocycles. The molecule has 2 N–H and O–H groups in total. The number of anilines is 2. The second kappa shape index (κ2) is 8.79. The molecule has 0 aliphatic heterocycles. The van der Waals surface area contributed by atoms with Crippen molar-refractivity contribution in [3.05, 3.63) is 88.5 Å². The molecule has 0 radical (unpaired) electrons. The Labute approximate surface area is 190 Å². The summed E-state index contributed by atoms with van der Waals surface area (Å²) in [5.74, 6) is -0.254. The summed E-state index contributed by atoms with van der Waals surface area (Å²) >= 11 is 0. The van der Waals surface area contributed by atoms with Crippen LogP contribution in [0.15, 0.2) is 65.6 Å². The third-order valence-corrected chi connectivity index (χ3v) is 6.95. The fourth-order valence-corrected chi connectivity index (χ4v) is 5.29. The lowest BCUT2D eigenvalue weighted by Gasteiger charge is -2.19. The first-order valence-electron chi connectivity index (χ1n) is 10.5. The van der Waals surface area contributed by atoms with E-state index < -0.39 is 10.0 Å². The maximum atomic E-state index is 13.0. The molecule has 32 heavy (non-hydrogen) atoms. The lowest BCUT2D eigenvalue weighted by atomic mass is 9.87. The molecule has 0 atom stereocenters. The van der Waals surface area contributed by atoms with Crippen LogP contribution in [0, 0.1) is 20.8 Å². The lowest BCUT2D eigenvalue weighted by Crippen LogP contribution is -2.17. The Balaban J connectivity index is 1.79. The molecule has 0 aliphatic rings. The number of hydrogen-bond donors (Lipinski definition) is 2. The van der Waals surface area contributed by atoms with Crippen molar-refractivity contribution in [2.75, 3.05) is 10.0 Å². The zero-order chi connectivity index (χ0) is 23.7. The normalized spacial score (nSPS) is 11.8. The van der Waals surface area contributed by atoms with Gasteiger partial charge in [0.05, 0.1) is 10.6 Å². The Bertz CT molecular complexity index is 1230. The summed E-state index contributed by atoms with van der Waals surface area (Å²) in [6, 6.07) is 17.9. The molecule has 0 aliphatic carbocycles. The Morgan fingerprint density at radius 1 is 0.812 bits per heavy atom. The van der Waals surface area contributed by atoms with Crippen LogP contribution in [0.5, 0.6) is 0 Å². The first-order valence-corrected chi connectivity index (χ1v) is 12.0. The summed E-state index contributed by atoms with van der Waals surface area (Å²) in [4.78, 5) is 12.9. The monoisotopic (exact) mass is 450 g/mol. The molecule has 3 aromatic rings. The number of carbonyl (C=O) groups excluding carboxylic acids is 1. The number of carbonyl (C=O) groups is 1. The van der Waals surface area contributed by atoms with Crippen LogP contribution < -0.4 is 10.0 Å². The second-order valence-corrected chi connectivity index (χ2v) is 10.8. The zero-order valence-electron chi connectivity index (χ0n) is 19.4. The standard InChI is InChI=1S/C26H30N2O3S/c1-17-14-18(2)24(19(3)15-17)32(30,31)28-23-9-7-8-22(16-23)27-25(29)20-10-12-21(13-11-20)26(4,5)6/h7-16,28H,1-6H3,(H,27,29). The van der Waals surface area contributed by atoms with Gasteiger partial charge in [0.2, 0.25) is 0 Å². The lowest BCUT2D eigenvalue weighted by molar-refractivity contribution is 0.102. The first-order chi connectivity index (χ1) is 14.9. The topological polar surface area (TPSA) is 75.3 Å². The molecule has 168 valence electrons. The Hall–Kier alpha value is -3.12. The summed E-state index contributed by atoms with van der Waals surface area (Å²) < 4.78 is 28.7. The van der Waals surface area contributed by atoms with Crippen LogP contribution in [0.1, 0.15) is 53.4 Å². The molecule has 6 heteroatoms. The Kier molecular flexibility index (Phi) is 6.46. The average molecular weight is 451 g/mol. The van der Waals surface area contributed by atoms with Gasteiger partial charge in [-0.2, -0.15) is 0 Å². The van der Waals surface area contributed by atoms with Crippen molar-refractivity contribution in [1.82, 2.24) is 0 Å². The van der Waals surface area contributed by atoms with Gasteiger partial charge in [0.25, 0.3) is 15.9 Å². The highest BCUT2D eigenvalue weighted by atomic mass is 32.2. The van der Waals surface area contributed by atoms with Crippen molar-refractivity contribution in [2.45, 2.75) is 51.9 Å². The minimum Gasteiger partial charge on any atom is -0.322 e. The van der Waals surface area contributed by atoms with Crippen molar-refractivity contribution >= 4 is 27.3 Å². The fraction of sp³-hybridized carbons (Fsp3) is 0.269. The van der Waals surface area contributed by atoms with Crippen LogP contribution in [-0.4, -0.2) is 14.3 Å². The van der Waals surface area contributed by atoms with Crippen LogP contribution in [0.4, 0.5) is 11.4 Å². The number of nitrogens with one attached hydrogen (secondary N) is 2. The van der Waals surface area contributed by atoms with E-state index in [0.29, 0.717) is 28.1 Å². The molecule has 0 aromatic heterocycles. The fourth-order valence-electron chi connectivity index (χ4n) is 3.78. The van der Waals surface area contributed by atoms with E-state index in [-0.39, 0.29) is 16.2 Å². The zero-order valence-corrected chi connectivity index (χ0v) is 20.2. The van der Waals surface area contributed by atoms with Crippen molar-refractivity contribution < 1.29 is 13.2 Å². The molecule has 0 spiro atoms. The van der Waals surface area contributed by atoms with Crippen LogP contribution in [0.2, 0.25) is 0 Å². The van der Waals surface area contributed by atoms with Crippen LogP contribution in [0.3, 0.4) is 0 Å². The predicted molar refractivity (Wildman–Crippen MR) is 131 cm³/mol. The first kappa shape index (κ1) is 23.5. The SMILES string of the molecule is Cc1cc(C)c(S(=O)(=O)Nc2cccc(NC(=O)c3ccc(C(C)(C)C)cc3)c2)c(C)c1. The van der Waals surface area contributed by atoms with Crippen LogP contribution in [0.25, 0.3) is 0 Å². The van der Waals surface area contributed by atoms with Gasteiger partial charge in [0.1, 0.15) is 0 Å². The highest BCUT2D eigenvalue weighted by molar-refractivity contribution is 7.92. The van der Waals surface area contributed by atoms with Gasteiger partial charge >= 0.3 is 0 Å². The van der Waals surface area contributed by atoms with Gasteiger partial charge in [-0.05, 0) is 73.2 Å². The Morgan fingerprint density at radius 3 is 1.94 bits per heavy atom. The average Bonchev–Trinajstić information content (AvgIpc) is 2.66. The maximum Gasteiger partial charge on any atom is 0.262 e. The van der Waals surface area contributed by atoms with Gasteiger partial charge < -0.3 is 5.32 Å². The summed E-state index contributed by atoms with van der Waals surface area (Å²) in [6.07, 6.45) is 0. The number of benzene rings is 3. The van der Waals surface area contributed by atoms with E-state index in [1.165, 1.54) is 0 Å². The molecule has 1 amide bonds. The molecular weight excluding hydrogens is 420 g/mol. The van der Waals surface area contributed by atoms with Crippen LogP contribution >= 0.6 is 0 Å². The van der Waals surface area contributed by atoms with Crippen molar-refractivity contribution in [2.24, 2.45) is 0 Å². The van der Waals surface area contributed by atoms with Gasteiger partial charge in [-0.15, -0.1) is 0 Å². The van der Waals surface area contributed by atoms with Crippen molar-refractivity contribution in [3.63, 3.8) is 0 Å². The summed E-state index contributed by atoms with van der Waals surface area (Å²) in [5, 5.41) is 2.84. The molecule has 0 saturated carbocycles. The summed E-state index contributed by atoms with van der Waals surface area (Å²) in [5.41, 5.74) is 4.98.